The Morgan fingerprint density at radius 2 is 2.00 bits per heavy atom. The van der Waals surface area contributed by atoms with Crippen LogP contribution in [0.2, 0.25) is 5.02 Å². The first-order valence-electron chi connectivity index (χ1n) is 9.71. The number of rotatable bonds is 6. The number of aryl methyl sites for hydroxylation is 1. The predicted molar refractivity (Wildman–Crippen MR) is 115 cm³/mol. The van der Waals surface area contributed by atoms with E-state index in [-0.39, 0.29) is 0 Å². The summed E-state index contributed by atoms with van der Waals surface area (Å²) in [5, 5.41) is 0.442. The Morgan fingerprint density at radius 1 is 1.31 bits per heavy atom. The summed E-state index contributed by atoms with van der Waals surface area (Å²) in [6.07, 6.45) is 5.35. The van der Waals surface area contributed by atoms with Gasteiger partial charge >= 0.3 is 0 Å². The lowest BCUT2D eigenvalue weighted by molar-refractivity contribution is 0.1000. The summed E-state index contributed by atoms with van der Waals surface area (Å²) in [6, 6.07) is 1.91. The molecule has 29 heavy (non-hydrogen) atoms. The third-order valence-corrected chi connectivity index (χ3v) is 5.95. The Kier molecular flexibility index (Phi) is 6.59. The Morgan fingerprint density at radius 3 is 2.59 bits per heavy atom. The number of hydrogen-bond donors (Lipinski definition) is 1. The van der Waals surface area contributed by atoms with Crippen LogP contribution in [0, 0.1) is 13.8 Å². The van der Waals surface area contributed by atoms with Gasteiger partial charge in [0.05, 0.1) is 23.4 Å². The number of nitrogens with zero attached hydrogens (tertiary/aromatic N) is 4. The first-order valence-corrected chi connectivity index (χ1v) is 10.1. The van der Waals surface area contributed by atoms with Crippen molar-refractivity contribution in [3.63, 3.8) is 0 Å². The van der Waals surface area contributed by atoms with Gasteiger partial charge in [-0.15, -0.1) is 0 Å². The molecule has 0 aliphatic carbocycles. The van der Waals surface area contributed by atoms with E-state index in [1.54, 1.807) is 13.2 Å². The number of nitrogens with two attached hydrogens (primary N) is 1. The zero-order valence-corrected chi connectivity index (χ0v) is 18.2. The van der Waals surface area contributed by atoms with Gasteiger partial charge in [0, 0.05) is 56.2 Å². The molecule has 2 aromatic rings. The number of ether oxygens (including phenoxy) is 1. The lowest BCUT2D eigenvalue weighted by atomic mass is 10.0. The van der Waals surface area contributed by atoms with Crippen LogP contribution in [0.3, 0.4) is 0 Å². The molecule has 0 saturated carbocycles. The molecule has 1 amide bonds. The average Bonchev–Trinajstić information content (AvgIpc) is 2.70. The van der Waals surface area contributed by atoms with E-state index in [4.69, 9.17) is 22.1 Å². The molecule has 0 unspecified atom stereocenters. The van der Waals surface area contributed by atoms with E-state index in [0.717, 1.165) is 55.0 Å². The molecule has 3 heterocycles. The fourth-order valence-corrected chi connectivity index (χ4v) is 4.20. The molecule has 156 valence electrons. The van der Waals surface area contributed by atoms with Gasteiger partial charge in [0.25, 0.3) is 0 Å². The summed E-state index contributed by atoms with van der Waals surface area (Å²) in [6.45, 7) is 6.81. The molecule has 3 rings (SSSR count). The lowest BCUT2D eigenvalue weighted by Gasteiger charge is -2.37. The molecule has 0 spiro atoms. The molecular weight excluding hydrogens is 390 g/mol. The van der Waals surface area contributed by atoms with E-state index in [1.807, 2.05) is 20.2 Å². The largest absolute Gasteiger partial charge is 0.496 e. The summed E-state index contributed by atoms with van der Waals surface area (Å²) in [4.78, 5) is 24.8. The van der Waals surface area contributed by atoms with Gasteiger partial charge in [-0.25, -0.2) is 4.98 Å². The molecular formula is C21H28ClN5O2. The SMILES string of the molecule is COc1c(C)cnc(CN2CCC(N(C)c3ncc(C(N)=O)cc3Cl)CC2)c1C. The molecule has 0 aromatic carbocycles. The quantitative estimate of drug-likeness (QED) is 0.777. The highest BCUT2D eigenvalue weighted by Crippen LogP contribution is 2.29. The number of pyridine rings is 2. The van der Waals surface area contributed by atoms with E-state index in [0.29, 0.717) is 22.4 Å². The Balaban J connectivity index is 1.63. The minimum absolute atomic E-state index is 0.318. The molecule has 7 nitrogen and oxygen atoms in total. The minimum atomic E-state index is -0.529. The summed E-state index contributed by atoms with van der Waals surface area (Å²) in [5.74, 6) is 1.07. The van der Waals surface area contributed by atoms with Crippen LogP contribution in [0.25, 0.3) is 0 Å². The van der Waals surface area contributed by atoms with Crippen molar-refractivity contribution in [3.8, 4) is 5.75 Å². The Hall–Kier alpha value is -2.38. The molecule has 2 N–H and O–H groups in total. The van der Waals surface area contributed by atoms with Crippen LogP contribution in [0.4, 0.5) is 5.82 Å². The van der Waals surface area contributed by atoms with Crippen molar-refractivity contribution in [2.75, 3.05) is 32.1 Å². The molecule has 0 atom stereocenters. The van der Waals surface area contributed by atoms with Crippen molar-refractivity contribution in [1.82, 2.24) is 14.9 Å². The van der Waals surface area contributed by atoms with Gasteiger partial charge in [0.1, 0.15) is 11.6 Å². The van der Waals surface area contributed by atoms with Gasteiger partial charge in [0.2, 0.25) is 5.91 Å². The van der Waals surface area contributed by atoms with Gasteiger partial charge in [0.15, 0.2) is 0 Å². The van der Waals surface area contributed by atoms with Crippen molar-refractivity contribution in [1.29, 1.82) is 0 Å². The van der Waals surface area contributed by atoms with Crippen LogP contribution in [-0.2, 0) is 6.54 Å². The number of primary amides is 1. The fourth-order valence-electron chi connectivity index (χ4n) is 3.90. The van der Waals surface area contributed by atoms with Gasteiger partial charge in [-0.3, -0.25) is 14.7 Å². The van der Waals surface area contributed by atoms with Crippen LogP contribution < -0.4 is 15.4 Å². The molecule has 0 bridgehead atoms. The third-order valence-electron chi connectivity index (χ3n) is 5.67. The molecule has 2 aromatic heterocycles. The van der Waals surface area contributed by atoms with Crippen LogP contribution in [0.5, 0.6) is 5.75 Å². The molecule has 1 aliphatic heterocycles. The first-order chi connectivity index (χ1) is 13.8. The van der Waals surface area contributed by atoms with Crippen molar-refractivity contribution >= 4 is 23.3 Å². The van der Waals surface area contributed by atoms with Crippen LogP contribution in [-0.4, -0.2) is 54.1 Å². The molecule has 8 heteroatoms. The number of carbonyl (C=O) groups excluding carboxylic acids is 1. The number of piperidine rings is 1. The highest BCUT2D eigenvalue weighted by atomic mass is 35.5. The Labute approximate surface area is 176 Å². The second-order valence-electron chi connectivity index (χ2n) is 7.56. The normalized spacial score (nSPS) is 15.3. The summed E-state index contributed by atoms with van der Waals surface area (Å²) >= 11 is 6.34. The number of anilines is 1. The summed E-state index contributed by atoms with van der Waals surface area (Å²) < 4.78 is 5.52. The summed E-state index contributed by atoms with van der Waals surface area (Å²) in [7, 11) is 3.70. The van der Waals surface area contributed by atoms with Crippen LogP contribution >= 0.6 is 11.6 Å². The Bertz CT molecular complexity index is 897. The number of likely N-dealkylation sites (tertiary alicyclic amines) is 1. The highest BCUT2D eigenvalue weighted by molar-refractivity contribution is 6.33. The number of carbonyl (C=O) groups is 1. The number of methoxy groups -OCH3 is 1. The van der Waals surface area contributed by atoms with Gasteiger partial charge in [-0.1, -0.05) is 11.6 Å². The van der Waals surface area contributed by atoms with E-state index in [1.165, 1.54) is 6.20 Å². The average molecular weight is 418 g/mol. The van der Waals surface area contributed by atoms with E-state index in [9.17, 15) is 4.79 Å². The predicted octanol–water partition coefficient (Wildman–Crippen LogP) is 2.96. The maximum absolute atomic E-state index is 11.3. The maximum atomic E-state index is 11.3. The standard InChI is InChI=1S/C21H28ClN5O2/c1-13-10-24-18(14(2)19(13)29-4)12-27-7-5-16(6-8-27)26(3)21-17(22)9-15(11-25-21)20(23)28/h9-11,16H,5-8,12H2,1-4H3,(H2,23,28). The highest BCUT2D eigenvalue weighted by Gasteiger charge is 2.25. The topological polar surface area (TPSA) is 84.6 Å². The zero-order valence-electron chi connectivity index (χ0n) is 17.4. The second kappa shape index (κ2) is 8.97. The van der Waals surface area contributed by atoms with Gasteiger partial charge in [-0.05, 0) is 32.8 Å². The first kappa shape index (κ1) is 21.3. The molecule has 1 fully saturated rings. The van der Waals surface area contributed by atoms with E-state index in [2.05, 4.69) is 26.7 Å². The third kappa shape index (κ3) is 4.62. The zero-order chi connectivity index (χ0) is 21.1. The van der Waals surface area contributed by atoms with Crippen LogP contribution in [0.1, 0.15) is 40.0 Å². The van der Waals surface area contributed by atoms with Crippen molar-refractivity contribution in [3.05, 3.63) is 45.9 Å². The van der Waals surface area contributed by atoms with Crippen molar-refractivity contribution in [2.45, 2.75) is 39.3 Å². The monoisotopic (exact) mass is 417 g/mol. The second-order valence-corrected chi connectivity index (χ2v) is 7.97. The van der Waals surface area contributed by atoms with Gasteiger partial charge in [-0.2, -0.15) is 0 Å². The van der Waals surface area contributed by atoms with E-state index < -0.39 is 5.91 Å². The number of amides is 1. The smallest absolute Gasteiger partial charge is 0.250 e. The lowest BCUT2D eigenvalue weighted by Crippen LogP contribution is -2.43. The van der Waals surface area contributed by atoms with Crippen molar-refractivity contribution in [2.24, 2.45) is 5.73 Å². The number of hydrogen-bond acceptors (Lipinski definition) is 6. The fraction of sp³-hybridized carbons (Fsp3) is 0.476. The molecule has 1 saturated heterocycles. The summed E-state index contributed by atoms with van der Waals surface area (Å²) in [5.41, 5.74) is 8.84. The molecule has 0 radical (unpaired) electrons. The van der Waals surface area contributed by atoms with Gasteiger partial charge < -0.3 is 15.4 Å². The maximum Gasteiger partial charge on any atom is 0.250 e. The van der Waals surface area contributed by atoms with E-state index >= 15 is 0 Å². The van der Waals surface area contributed by atoms with Crippen LogP contribution in [0.15, 0.2) is 18.5 Å². The minimum Gasteiger partial charge on any atom is -0.496 e. The number of halogens is 1. The number of aromatic nitrogens is 2. The molecule has 1 aliphatic rings. The van der Waals surface area contributed by atoms with Crippen molar-refractivity contribution < 1.29 is 9.53 Å².